The van der Waals surface area contributed by atoms with Crippen molar-refractivity contribution in [3.63, 3.8) is 0 Å². The number of carbonyl (C=O) groups excluding carboxylic acids is 1. The minimum atomic E-state index is -1.28. The maximum Gasteiger partial charge on any atom is 0.330 e. The van der Waals surface area contributed by atoms with Crippen LogP contribution in [-0.4, -0.2) is 28.1 Å². The number of rotatable bonds is 5. The Morgan fingerprint density at radius 3 is 2.17 bits per heavy atom. The predicted octanol–water partition coefficient (Wildman–Crippen LogP) is 0.569. The number of hydrogen-bond donors (Lipinski definition) is 3. The maximum absolute atomic E-state index is 11.3. The number of carboxylic acids is 2. The van der Waals surface area contributed by atoms with E-state index in [9.17, 15) is 14.4 Å². The van der Waals surface area contributed by atoms with Crippen LogP contribution in [-0.2, 0) is 14.4 Å². The van der Waals surface area contributed by atoms with Crippen LogP contribution in [0.25, 0.3) is 0 Å². The van der Waals surface area contributed by atoms with E-state index in [1.54, 1.807) is 30.3 Å². The summed E-state index contributed by atoms with van der Waals surface area (Å²) >= 11 is 0. The van der Waals surface area contributed by atoms with Gasteiger partial charge >= 0.3 is 11.9 Å². The zero-order valence-electron chi connectivity index (χ0n) is 9.24. The van der Waals surface area contributed by atoms with E-state index in [4.69, 9.17) is 10.2 Å². The molecule has 0 aliphatic rings. The van der Waals surface area contributed by atoms with Gasteiger partial charge in [-0.1, -0.05) is 30.3 Å². The summed E-state index contributed by atoms with van der Waals surface area (Å²) in [5, 5.41) is 19.5. The Hall–Kier alpha value is -2.63. The fourth-order valence-corrected chi connectivity index (χ4v) is 1.27. The van der Waals surface area contributed by atoms with Gasteiger partial charge in [0.25, 0.3) is 0 Å². The number of amides is 1. The highest BCUT2D eigenvalue weighted by Crippen LogP contribution is 2.12. The molecule has 6 nitrogen and oxygen atoms in total. The summed E-state index contributed by atoms with van der Waals surface area (Å²) in [6.07, 6.45) is 1.40. The van der Waals surface area contributed by atoms with Crippen molar-refractivity contribution in [1.29, 1.82) is 0 Å². The largest absolute Gasteiger partial charge is 0.479 e. The molecule has 0 saturated heterocycles. The Balaban J connectivity index is 2.80. The lowest BCUT2D eigenvalue weighted by atomic mass is 10.1. The first-order valence-corrected chi connectivity index (χ1v) is 5.00. The lowest BCUT2D eigenvalue weighted by molar-refractivity contribution is -0.141. The van der Waals surface area contributed by atoms with Crippen LogP contribution in [0.15, 0.2) is 42.5 Å². The van der Waals surface area contributed by atoms with Crippen molar-refractivity contribution in [1.82, 2.24) is 5.32 Å². The first kappa shape index (κ1) is 13.4. The van der Waals surface area contributed by atoms with Gasteiger partial charge in [-0.2, -0.15) is 0 Å². The van der Waals surface area contributed by atoms with E-state index in [0.717, 1.165) is 6.08 Å². The van der Waals surface area contributed by atoms with E-state index in [1.807, 2.05) is 0 Å². The van der Waals surface area contributed by atoms with Crippen LogP contribution >= 0.6 is 0 Å². The lowest BCUT2D eigenvalue weighted by Crippen LogP contribution is -2.32. The van der Waals surface area contributed by atoms with Crippen molar-refractivity contribution in [3.05, 3.63) is 48.0 Å². The lowest BCUT2D eigenvalue weighted by Gasteiger charge is -2.13. The standard InChI is InChI=1S/C12H11NO5/c14-9(6-7-10(15)16)13-11(12(17)18)8-4-2-1-3-5-8/h1-7,11H,(H,13,14)(H,15,16)(H,17,18). The molecule has 0 bridgehead atoms. The highest BCUT2D eigenvalue weighted by atomic mass is 16.4. The van der Waals surface area contributed by atoms with Gasteiger partial charge in [0.15, 0.2) is 6.04 Å². The van der Waals surface area contributed by atoms with Gasteiger partial charge in [-0.25, -0.2) is 9.59 Å². The Bertz CT molecular complexity index is 481. The highest BCUT2D eigenvalue weighted by Gasteiger charge is 2.20. The topological polar surface area (TPSA) is 104 Å². The zero-order valence-corrected chi connectivity index (χ0v) is 9.24. The maximum atomic E-state index is 11.3. The third kappa shape index (κ3) is 4.09. The zero-order chi connectivity index (χ0) is 13.5. The Labute approximate surface area is 103 Å². The number of carbonyl (C=O) groups is 3. The molecule has 1 rings (SSSR count). The number of benzene rings is 1. The molecule has 18 heavy (non-hydrogen) atoms. The van der Waals surface area contributed by atoms with E-state index in [2.05, 4.69) is 5.32 Å². The van der Waals surface area contributed by atoms with E-state index < -0.39 is 23.9 Å². The first-order valence-electron chi connectivity index (χ1n) is 5.00. The molecule has 0 aromatic heterocycles. The van der Waals surface area contributed by atoms with Crippen LogP contribution in [0, 0.1) is 0 Å². The van der Waals surface area contributed by atoms with Crippen LogP contribution in [0.4, 0.5) is 0 Å². The van der Waals surface area contributed by atoms with E-state index in [0.29, 0.717) is 11.6 Å². The minimum Gasteiger partial charge on any atom is -0.479 e. The monoisotopic (exact) mass is 249 g/mol. The summed E-state index contributed by atoms with van der Waals surface area (Å²) in [4.78, 5) is 32.5. The summed E-state index contributed by atoms with van der Waals surface area (Å²) in [5.41, 5.74) is 0.405. The highest BCUT2D eigenvalue weighted by molar-refractivity contribution is 5.95. The second kappa shape index (κ2) is 6.19. The van der Waals surface area contributed by atoms with Gasteiger partial charge in [0.05, 0.1) is 0 Å². The van der Waals surface area contributed by atoms with Crippen molar-refractivity contribution in [2.75, 3.05) is 0 Å². The normalized spacial score (nSPS) is 12.0. The third-order valence-corrected chi connectivity index (χ3v) is 2.04. The van der Waals surface area contributed by atoms with Gasteiger partial charge in [0.1, 0.15) is 0 Å². The van der Waals surface area contributed by atoms with Crippen LogP contribution < -0.4 is 5.32 Å². The van der Waals surface area contributed by atoms with Crippen LogP contribution in [0.3, 0.4) is 0 Å². The molecule has 1 aromatic carbocycles. The molecular formula is C12H11NO5. The van der Waals surface area contributed by atoms with Crippen LogP contribution in [0.5, 0.6) is 0 Å². The predicted molar refractivity (Wildman–Crippen MR) is 61.7 cm³/mol. The SMILES string of the molecule is O=C(O)C=CC(=O)NC(C(=O)O)c1ccccc1. The molecule has 0 saturated carbocycles. The van der Waals surface area contributed by atoms with Crippen molar-refractivity contribution in [3.8, 4) is 0 Å². The number of hydrogen-bond acceptors (Lipinski definition) is 3. The van der Waals surface area contributed by atoms with Crippen LogP contribution in [0.2, 0.25) is 0 Å². The number of nitrogens with one attached hydrogen (secondary N) is 1. The Kier molecular flexibility index (Phi) is 4.62. The molecule has 94 valence electrons. The molecule has 1 unspecified atom stereocenters. The van der Waals surface area contributed by atoms with E-state index in [1.165, 1.54) is 0 Å². The van der Waals surface area contributed by atoms with E-state index in [-0.39, 0.29) is 0 Å². The molecule has 0 aliphatic heterocycles. The fourth-order valence-electron chi connectivity index (χ4n) is 1.27. The Morgan fingerprint density at radius 1 is 1.06 bits per heavy atom. The number of aliphatic carboxylic acids is 2. The van der Waals surface area contributed by atoms with Gasteiger partial charge in [-0.05, 0) is 5.56 Å². The van der Waals surface area contributed by atoms with Crippen LogP contribution in [0.1, 0.15) is 11.6 Å². The summed E-state index contributed by atoms with van der Waals surface area (Å²) in [6.45, 7) is 0. The summed E-state index contributed by atoms with van der Waals surface area (Å²) in [6, 6.07) is 6.90. The van der Waals surface area contributed by atoms with Crippen molar-refractivity contribution >= 4 is 17.8 Å². The average Bonchev–Trinajstić information content (AvgIpc) is 2.34. The van der Waals surface area contributed by atoms with Crippen molar-refractivity contribution in [2.24, 2.45) is 0 Å². The molecule has 1 amide bonds. The second-order valence-corrected chi connectivity index (χ2v) is 3.36. The molecule has 0 heterocycles. The second-order valence-electron chi connectivity index (χ2n) is 3.36. The molecule has 0 radical (unpaired) electrons. The summed E-state index contributed by atoms with van der Waals surface area (Å²) in [5.74, 6) is -3.29. The molecule has 1 aromatic rings. The molecule has 1 atom stereocenters. The van der Waals surface area contributed by atoms with Crippen molar-refractivity contribution < 1.29 is 24.6 Å². The average molecular weight is 249 g/mol. The van der Waals surface area contributed by atoms with Gasteiger partial charge in [-0.15, -0.1) is 0 Å². The number of carboxylic acid groups (broad SMARTS) is 2. The molecule has 3 N–H and O–H groups in total. The van der Waals surface area contributed by atoms with E-state index >= 15 is 0 Å². The quantitative estimate of drug-likeness (QED) is 0.662. The fraction of sp³-hybridized carbons (Fsp3) is 0.0833. The molecule has 0 fully saturated rings. The summed E-state index contributed by atoms with van der Waals surface area (Å²) in [7, 11) is 0. The van der Waals surface area contributed by atoms with Gasteiger partial charge in [-0.3, -0.25) is 4.79 Å². The summed E-state index contributed by atoms with van der Waals surface area (Å²) < 4.78 is 0. The molecule has 0 aliphatic carbocycles. The molecular weight excluding hydrogens is 238 g/mol. The van der Waals surface area contributed by atoms with Gasteiger partial charge in [0.2, 0.25) is 5.91 Å². The van der Waals surface area contributed by atoms with Gasteiger partial charge in [0, 0.05) is 12.2 Å². The Morgan fingerprint density at radius 2 is 1.67 bits per heavy atom. The first-order chi connectivity index (χ1) is 8.50. The van der Waals surface area contributed by atoms with Gasteiger partial charge < -0.3 is 15.5 Å². The van der Waals surface area contributed by atoms with Crippen molar-refractivity contribution in [2.45, 2.75) is 6.04 Å². The molecule has 0 spiro atoms. The smallest absolute Gasteiger partial charge is 0.330 e. The minimum absolute atomic E-state index is 0.405. The third-order valence-electron chi connectivity index (χ3n) is 2.04. The molecule has 6 heteroatoms.